The molecule has 0 aliphatic carbocycles. The Balaban J connectivity index is 2.81. The molecule has 54 valence electrons. The molecule has 1 heterocycles. The van der Waals surface area contributed by atoms with Crippen molar-refractivity contribution < 1.29 is 0 Å². The molecule has 0 unspecified atom stereocenters. The minimum Gasteiger partial charge on any atom is -0.271 e. The van der Waals surface area contributed by atoms with E-state index >= 15 is 0 Å². The average molecular weight is 138 g/mol. The van der Waals surface area contributed by atoms with Crippen LogP contribution in [-0.2, 0) is 6.54 Å². The number of nitrogens with zero attached hydrogens (tertiary/aromatic N) is 2. The zero-order valence-corrected chi connectivity index (χ0v) is 5.83. The normalized spacial score (nSPS) is 9.80. The first-order valence-corrected chi connectivity index (χ1v) is 3.03. The summed E-state index contributed by atoms with van der Waals surface area (Å²) in [5, 5.41) is 0. The van der Waals surface area contributed by atoms with Crippen LogP contribution in [0.2, 0.25) is 0 Å². The Hall–Kier alpha value is -1.00. The zero-order valence-electron chi connectivity index (χ0n) is 5.83. The van der Waals surface area contributed by atoms with Gasteiger partial charge in [0.05, 0.1) is 0 Å². The molecule has 10 heavy (non-hydrogen) atoms. The Labute approximate surface area is 59.5 Å². The third kappa shape index (κ3) is 1.49. The van der Waals surface area contributed by atoms with E-state index < -0.39 is 0 Å². The Morgan fingerprint density at radius 2 is 2.50 bits per heavy atom. The third-order valence-corrected chi connectivity index (χ3v) is 1.31. The van der Waals surface area contributed by atoms with E-state index in [9.17, 15) is 0 Å². The molecule has 0 aromatic carbocycles. The topological polar surface area (TPSA) is 63.8 Å². The maximum Gasteiger partial charge on any atom is 0.115 e. The maximum absolute atomic E-state index is 5.12. The average Bonchev–Trinajstić information content (AvgIpc) is 1.94. The van der Waals surface area contributed by atoms with Crippen LogP contribution >= 0.6 is 0 Å². The molecule has 0 amide bonds. The zero-order chi connectivity index (χ0) is 7.40. The summed E-state index contributed by atoms with van der Waals surface area (Å²) < 4.78 is 0. The fourth-order valence-corrected chi connectivity index (χ4v) is 0.703. The second kappa shape index (κ2) is 3.24. The van der Waals surface area contributed by atoms with Gasteiger partial charge in [0.1, 0.15) is 6.33 Å². The first-order chi connectivity index (χ1) is 4.84. The first kappa shape index (κ1) is 7.11. The number of hydrogen-bond donors (Lipinski definition) is 2. The van der Waals surface area contributed by atoms with Gasteiger partial charge < -0.3 is 0 Å². The Kier molecular flexibility index (Phi) is 2.30. The van der Waals surface area contributed by atoms with Crippen molar-refractivity contribution in [2.75, 3.05) is 0 Å². The number of aryl methyl sites for hydroxylation is 1. The number of hydrazine groups is 1. The van der Waals surface area contributed by atoms with E-state index in [0.29, 0.717) is 6.54 Å². The summed E-state index contributed by atoms with van der Waals surface area (Å²) in [4.78, 5) is 7.85. The van der Waals surface area contributed by atoms with Gasteiger partial charge in [-0.3, -0.25) is 11.3 Å². The predicted molar refractivity (Wildman–Crippen MR) is 37.8 cm³/mol. The van der Waals surface area contributed by atoms with Crippen LogP contribution in [0.5, 0.6) is 0 Å². The highest BCUT2D eigenvalue weighted by Gasteiger charge is 1.94. The molecule has 0 fully saturated rings. The molecule has 4 nitrogen and oxygen atoms in total. The largest absolute Gasteiger partial charge is 0.271 e. The highest BCUT2D eigenvalue weighted by Crippen LogP contribution is 1.98. The van der Waals surface area contributed by atoms with Gasteiger partial charge in [0, 0.05) is 24.0 Å². The van der Waals surface area contributed by atoms with Crippen LogP contribution in [0.25, 0.3) is 0 Å². The summed E-state index contributed by atoms with van der Waals surface area (Å²) in [6.45, 7) is 2.54. The van der Waals surface area contributed by atoms with E-state index in [1.807, 2.05) is 6.92 Å². The van der Waals surface area contributed by atoms with Crippen LogP contribution < -0.4 is 11.3 Å². The maximum atomic E-state index is 5.12. The molecule has 0 saturated heterocycles. The lowest BCUT2D eigenvalue weighted by Crippen LogP contribution is -2.21. The van der Waals surface area contributed by atoms with Gasteiger partial charge in [-0.1, -0.05) is 0 Å². The summed E-state index contributed by atoms with van der Waals surface area (Å²) in [6.07, 6.45) is 3.28. The van der Waals surface area contributed by atoms with Gasteiger partial charge in [-0.2, -0.15) is 0 Å². The summed E-state index contributed by atoms with van der Waals surface area (Å²) >= 11 is 0. The first-order valence-electron chi connectivity index (χ1n) is 3.03. The molecule has 1 rings (SSSR count). The summed E-state index contributed by atoms with van der Waals surface area (Å²) in [7, 11) is 0. The number of rotatable bonds is 2. The van der Waals surface area contributed by atoms with Crippen molar-refractivity contribution in [3.63, 3.8) is 0 Å². The molecular weight excluding hydrogens is 128 g/mol. The molecule has 1 aromatic rings. The lowest BCUT2D eigenvalue weighted by Gasteiger charge is -2.00. The lowest BCUT2D eigenvalue weighted by molar-refractivity contribution is 0.728. The van der Waals surface area contributed by atoms with Crippen molar-refractivity contribution in [3.05, 3.63) is 23.8 Å². The van der Waals surface area contributed by atoms with Gasteiger partial charge in [0.15, 0.2) is 0 Å². The Morgan fingerprint density at radius 1 is 1.70 bits per heavy atom. The van der Waals surface area contributed by atoms with E-state index in [2.05, 4.69) is 15.4 Å². The third-order valence-electron chi connectivity index (χ3n) is 1.31. The molecule has 0 spiro atoms. The van der Waals surface area contributed by atoms with Crippen LogP contribution in [0.1, 0.15) is 11.3 Å². The molecule has 0 radical (unpaired) electrons. The van der Waals surface area contributed by atoms with Gasteiger partial charge in [-0.25, -0.2) is 9.97 Å². The van der Waals surface area contributed by atoms with Crippen molar-refractivity contribution in [1.29, 1.82) is 0 Å². The molecule has 0 saturated carbocycles. The predicted octanol–water partition coefficient (Wildman–Crippen LogP) is -0.252. The van der Waals surface area contributed by atoms with Gasteiger partial charge in [0.2, 0.25) is 0 Å². The van der Waals surface area contributed by atoms with E-state index in [0.717, 1.165) is 11.3 Å². The molecule has 3 N–H and O–H groups in total. The lowest BCUT2D eigenvalue weighted by atomic mass is 10.2. The smallest absolute Gasteiger partial charge is 0.115 e. The quantitative estimate of drug-likeness (QED) is 0.437. The van der Waals surface area contributed by atoms with Crippen LogP contribution in [0, 0.1) is 6.92 Å². The van der Waals surface area contributed by atoms with Gasteiger partial charge in [0.25, 0.3) is 0 Å². The fraction of sp³-hybridized carbons (Fsp3) is 0.333. The van der Waals surface area contributed by atoms with Crippen LogP contribution in [-0.4, -0.2) is 9.97 Å². The van der Waals surface area contributed by atoms with Crippen molar-refractivity contribution in [1.82, 2.24) is 15.4 Å². The van der Waals surface area contributed by atoms with Gasteiger partial charge >= 0.3 is 0 Å². The Bertz CT molecular complexity index is 211. The van der Waals surface area contributed by atoms with Crippen molar-refractivity contribution in [3.8, 4) is 0 Å². The molecule has 4 heteroatoms. The molecule has 0 atom stereocenters. The van der Waals surface area contributed by atoms with E-state index in [-0.39, 0.29) is 0 Å². The minimum atomic E-state index is 0.618. The van der Waals surface area contributed by atoms with Gasteiger partial charge in [-0.15, -0.1) is 0 Å². The number of hydrogen-bond acceptors (Lipinski definition) is 4. The highest BCUT2D eigenvalue weighted by molar-refractivity contribution is 5.13. The number of nitrogens with one attached hydrogen (secondary N) is 1. The summed E-state index contributed by atoms with van der Waals surface area (Å²) in [5.74, 6) is 5.12. The van der Waals surface area contributed by atoms with Crippen molar-refractivity contribution in [2.24, 2.45) is 5.84 Å². The van der Waals surface area contributed by atoms with Crippen LogP contribution in [0.3, 0.4) is 0 Å². The van der Waals surface area contributed by atoms with E-state index in [1.165, 1.54) is 6.33 Å². The summed E-state index contributed by atoms with van der Waals surface area (Å²) in [5.41, 5.74) is 4.54. The number of aromatic nitrogens is 2. The summed E-state index contributed by atoms with van der Waals surface area (Å²) in [6, 6.07) is 0. The SMILES string of the molecule is Cc1ncncc1CNN. The highest BCUT2D eigenvalue weighted by atomic mass is 15.2. The molecule has 1 aromatic heterocycles. The monoisotopic (exact) mass is 138 g/mol. The molecular formula is C6H10N4. The fourth-order valence-electron chi connectivity index (χ4n) is 0.703. The second-order valence-electron chi connectivity index (χ2n) is 2.01. The molecule has 0 aliphatic heterocycles. The number of nitrogens with two attached hydrogens (primary N) is 1. The van der Waals surface area contributed by atoms with Crippen LogP contribution in [0.15, 0.2) is 12.5 Å². The van der Waals surface area contributed by atoms with E-state index in [4.69, 9.17) is 5.84 Å². The minimum absolute atomic E-state index is 0.618. The van der Waals surface area contributed by atoms with Crippen molar-refractivity contribution in [2.45, 2.75) is 13.5 Å². The van der Waals surface area contributed by atoms with Crippen molar-refractivity contribution >= 4 is 0 Å². The van der Waals surface area contributed by atoms with Gasteiger partial charge in [-0.05, 0) is 6.92 Å². The molecule has 0 bridgehead atoms. The standard InChI is InChI=1S/C6H10N4/c1-5-6(3-10-7)2-8-4-9-5/h2,4,10H,3,7H2,1H3. The van der Waals surface area contributed by atoms with Crippen LogP contribution in [0.4, 0.5) is 0 Å². The molecule has 0 aliphatic rings. The second-order valence-corrected chi connectivity index (χ2v) is 2.01. The van der Waals surface area contributed by atoms with E-state index in [1.54, 1.807) is 6.20 Å². The Morgan fingerprint density at radius 3 is 3.10 bits per heavy atom.